The number of amides is 2. The van der Waals surface area contributed by atoms with Crippen LogP contribution < -0.4 is 5.32 Å². The Morgan fingerprint density at radius 1 is 1.18 bits per heavy atom. The summed E-state index contributed by atoms with van der Waals surface area (Å²) in [5, 5.41) is 24.3. The van der Waals surface area contributed by atoms with Crippen molar-refractivity contribution in [3.8, 4) is 5.75 Å². The quantitative estimate of drug-likeness (QED) is 0.651. The number of phenols is 1. The van der Waals surface area contributed by atoms with Crippen molar-refractivity contribution in [1.82, 2.24) is 25.1 Å². The molecule has 3 aromatic rings. The molecular weight excluding hydrogens is 360 g/mol. The molecule has 0 atom stereocenters. The van der Waals surface area contributed by atoms with Gasteiger partial charge >= 0.3 is 0 Å². The predicted molar refractivity (Wildman–Crippen MR) is 102 cm³/mol. The molecule has 0 aliphatic heterocycles. The predicted octanol–water partition coefficient (Wildman–Crippen LogP) is 1.69. The van der Waals surface area contributed by atoms with Gasteiger partial charge in [-0.1, -0.05) is 30.3 Å². The molecule has 9 heteroatoms. The molecule has 0 radical (unpaired) electrons. The van der Waals surface area contributed by atoms with Crippen LogP contribution in [0.1, 0.15) is 32.1 Å². The van der Waals surface area contributed by atoms with Crippen LogP contribution in [0.3, 0.4) is 0 Å². The van der Waals surface area contributed by atoms with Crippen LogP contribution in [0.4, 0.5) is 5.69 Å². The lowest BCUT2D eigenvalue weighted by molar-refractivity contribution is 0.0824. The number of hydrogen-bond donors (Lipinski definition) is 2. The van der Waals surface area contributed by atoms with Crippen molar-refractivity contribution < 1.29 is 14.7 Å². The van der Waals surface area contributed by atoms with Crippen molar-refractivity contribution in [2.75, 3.05) is 19.4 Å². The van der Waals surface area contributed by atoms with Crippen LogP contribution in [0.5, 0.6) is 5.75 Å². The van der Waals surface area contributed by atoms with Crippen molar-refractivity contribution in [3.63, 3.8) is 0 Å². The first kappa shape index (κ1) is 19.0. The highest BCUT2D eigenvalue weighted by atomic mass is 16.3. The minimum Gasteiger partial charge on any atom is -0.505 e. The summed E-state index contributed by atoms with van der Waals surface area (Å²) in [6.45, 7) is 2.09. The summed E-state index contributed by atoms with van der Waals surface area (Å²) in [4.78, 5) is 26.3. The zero-order valence-electron chi connectivity index (χ0n) is 15.7. The van der Waals surface area contributed by atoms with Gasteiger partial charge in [-0.15, -0.1) is 5.10 Å². The topological polar surface area (TPSA) is 113 Å². The number of rotatable bonds is 5. The third-order valence-corrected chi connectivity index (χ3v) is 4.05. The average molecular weight is 380 g/mol. The smallest absolute Gasteiger partial charge is 0.295 e. The lowest BCUT2D eigenvalue weighted by Crippen LogP contribution is -2.23. The number of aryl methyl sites for hydroxylation is 1. The van der Waals surface area contributed by atoms with Gasteiger partial charge < -0.3 is 15.3 Å². The van der Waals surface area contributed by atoms with Crippen LogP contribution in [0, 0.1) is 6.92 Å². The van der Waals surface area contributed by atoms with Crippen LogP contribution in [0.15, 0.2) is 42.5 Å². The summed E-state index contributed by atoms with van der Waals surface area (Å²) in [7, 11) is 3.17. The summed E-state index contributed by atoms with van der Waals surface area (Å²) in [6.07, 6.45) is 0. The summed E-state index contributed by atoms with van der Waals surface area (Å²) in [5.74, 6) is -1.28. The SMILES string of the molecule is Cc1cc(NC(=O)c2nnnn2Cc2ccccc2)c(O)c(C(=O)N(C)C)c1. The average Bonchev–Trinajstić information content (AvgIpc) is 3.12. The van der Waals surface area contributed by atoms with E-state index in [-0.39, 0.29) is 28.7 Å². The molecular formula is C19H20N6O3. The Balaban J connectivity index is 1.87. The Morgan fingerprint density at radius 2 is 1.89 bits per heavy atom. The number of hydrogen-bond acceptors (Lipinski definition) is 6. The van der Waals surface area contributed by atoms with E-state index in [0.717, 1.165) is 5.56 Å². The molecule has 144 valence electrons. The first-order valence-corrected chi connectivity index (χ1v) is 8.53. The van der Waals surface area contributed by atoms with E-state index >= 15 is 0 Å². The maximum atomic E-state index is 12.7. The first-order chi connectivity index (χ1) is 13.4. The number of phenolic OH excluding ortho intramolecular Hbond substituents is 1. The van der Waals surface area contributed by atoms with Crippen LogP contribution in [-0.2, 0) is 6.54 Å². The standard InChI is InChI=1S/C19H20N6O3/c1-12-9-14(19(28)24(2)3)16(26)15(10-12)20-18(27)17-21-22-23-25(17)11-13-7-5-4-6-8-13/h4-10,26H,11H2,1-3H3,(H,20,27). The van der Waals surface area contributed by atoms with Crippen molar-refractivity contribution in [1.29, 1.82) is 0 Å². The second-order valence-electron chi connectivity index (χ2n) is 6.51. The zero-order valence-corrected chi connectivity index (χ0v) is 15.7. The zero-order chi connectivity index (χ0) is 20.3. The summed E-state index contributed by atoms with van der Waals surface area (Å²) in [6, 6.07) is 12.6. The molecule has 1 aromatic heterocycles. The van der Waals surface area contributed by atoms with Crippen LogP contribution in [0.25, 0.3) is 0 Å². The van der Waals surface area contributed by atoms with Crippen molar-refractivity contribution >= 4 is 17.5 Å². The van der Waals surface area contributed by atoms with E-state index in [2.05, 4.69) is 20.8 Å². The molecule has 0 saturated heterocycles. The molecule has 3 rings (SSSR count). The Morgan fingerprint density at radius 3 is 2.57 bits per heavy atom. The highest BCUT2D eigenvalue weighted by Gasteiger charge is 2.21. The second kappa shape index (κ2) is 7.87. The Hall–Kier alpha value is -3.75. The first-order valence-electron chi connectivity index (χ1n) is 8.53. The molecule has 2 amide bonds. The Bertz CT molecular complexity index is 1010. The van der Waals surface area contributed by atoms with Gasteiger partial charge in [-0.05, 0) is 40.6 Å². The minimum atomic E-state index is -0.593. The lowest BCUT2D eigenvalue weighted by Gasteiger charge is -2.15. The molecule has 2 aromatic carbocycles. The molecule has 0 bridgehead atoms. The molecule has 0 fully saturated rings. The number of nitrogens with one attached hydrogen (secondary N) is 1. The molecule has 0 spiro atoms. The molecule has 28 heavy (non-hydrogen) atoms. The van der Waals surface area contributed by atoms with E-state index in [9.17, 15) is 14.7 Å². The maximum Gasteiger partial charge on any atom is 0.295 e. The number of carbonyl (C=O) groups is 2. The monoisotopic (exact) mass is 380 g/mol. The second-order valence-corrected chi connectivity index (χ2v) is 6.51. The molecule has 0 saturated carbocycles. The van der Waals surface area contributed by atoms with Gasteiger partial charge in [0.05, 0.1) is 17.8 Å². The number of aromatic nitrogens is 4. The molecule has 0 aliphatic rings. The van der Waals surface area contributed by atoms with Gasteiger partial charge in [0.25, 0.3) is 11.8 Å². The fourth-order valence-electron chi connectivity index (χ4n) is 2.69. The van der Waals surface area contributed by atoms with E-state index < -0.39 is 5.91 Å². The van der Waals surface area contributed by atoms with Gasteiger partial charge in [0.1, 0.15) is 0 Å². The number of benzene rings is 2. The maximum absolute atomic E-state index is 12.7. The number of anilines is 1. The highest BCUT2D eigenvalue weighted by Crippen LogP contribution is 2.30. The number of carbonyl (C=O) groups excluding carboxylic acids is 2. The summed E-state index contributed by atoms with van der Waals surface area (Å²) >= 11 is 0. The third kappa shape index (κ3) is 3.98. The fourth-order valence-corrected chi connectivity index (χ4v) is 2.69. The van der Waals surface area contributed by atoms with E-state index in [0.29, 0.717) is 12.1 Å². The number of aromatic hydroxyl groups is 1. The van der Waals surface area contributed by atoms with E-state index in [4.69, 9.17) is 0 Å². The highest BCUT2D eigenvalue weighted by molar-refractivity contribution is 6.05. The molecule has 9 nitrogen and oxygen atoms in total. The van der Waals surface area contributed by atoms with Gasteiger partial charge in [-0.25, -0.2) is 4.68 Å². The van der Waals surface area contributed by atoms with Gasteiger partial charge in [0.2, 0.25) is 5.82 Å². The van der Waals surface area contributed by atoms with Crippen molar-refractivity contribution in [2.45, 2.75) is 13.5 Å². The van der Waals surface area contributed by atoms with Crippen molar-refractivity contribution in [3.05, 3.63) is 65.0 Å². The minimum absolute atomic E-state index is 0.00903. The van der Waals surface area contributed by atoms with Gasteiger partial charge in [-0.2, -0.15) is 0 Å². The van der Waals surface area contributed by atoms with Crippen LogP contribution in [-0.4, -0.2) is 56.1 Å². The van der Waals surface area contributed by atoms with E-state index in [1.165, 1.54) is 9.58 Å². The summed E-state index contributed by atoms with van der Waals surface area (Å²) < 4.78 is 1.36. The van der Waals surface area contributed by atoms with E-state index in [1.807, 2.05) is 30.3 Å². The molecule has 0 aliphatic carbocycles. The Labute approximate surface area is 161 Å². The largest absolute Gasteiger partial charge is 0.505 e. The van der Waals surface area contributed by atoms with Gasteiger partial charge in [-0.3, -0.25) is 9.59 Å². The Kier molecular flexibility index (Phi) is 5.35. The van der Waals surface area contributed by atoms with Gasteiger partial charge in [0, 0.05) is 14.1 Å². The van der Waals surface area contributed by atoms with Crippen molar-refractivity contribution in [2.24, 2.45) is 0 Å². The molecule has 2 N–H and O–H groups in total. The molecule has 1 heterocycles. The fraction of sp³-hybridized carbons (Fsp3) is 0.211. The third-order valence-electron chi connectivity index (χ3n) is 4.05. The molecule has 0 unspecified atom stereocenters. The van der Waals surface area contributed by atoms with E-state index in [1.54, 1.807) is 33.2 Å². The normalized spacial score (nSPS) is 10.5. The van der Waals surface area contributed by atoms with Crippen LogP contribution >= 0.6 is 0 Å². The number of tetrazole rings is 1. The van der Waals surface area contributed by atoms with Crippen LogP contribution in [0.2, 0.25) is 0 Å². The lowest BCUT2D eigenvalue weighted by atomic mass is 10.1. The summed E-state index contributed by atoms with van der Waals surface area (Å²) in [5.41, 5.74) is 1.86. The number of nitrogens with zero attached hydrogens (tertiary/aromatic N) is 5. The van der Waals surface area contributed by atoms with Gasteiger partial charge in [0.15, 0.2) is 5.75 Å².